The predicted molar refractivity (Wildman–Crippen MR) is 126 cm³/mol. The van der Waals surface area contributed by atoms with Crippen molar-refractivity contribution in [1.29, 1.82) is 5.41 Å². The van der Waals surface area contributed by atoms with Gasteiger partial charge in [-0.1, -0.05) is 24.3 Å². The van der Waals surface area contributed by atoms with Gasteiger partial charge in [-0.3, -0.25) is 4.90 Å². The van der Waals surface area contributed by atoms with Crippen molar-refractivity contribution in [1.82, 2.24) is 14.9 Å². The molecule has 4 N–H and O–H groups in total. The lowest BCUT2D eigenvalue weighted by molar-refractivity contribution is 0.136. The van der Waals surface area contributed by atoms with Crippen LogP contribution in [0, 0.1) is 11.3 Å². The third-order valence-electron chi connectivity index (χ3n) is 6.21. The molecule has 2 saturated heterocycles. The minimum Gasteiger partial charge on any atom is -0.463 e. The van der Waals surface area contributed by atoms with Crippen molar-refractivity contribution in [2.24, 2.45) is 5.92 Å². The molecular weight excluding hydrogens is 404 g/mol. The maximum absolute atomic E-state index is 7.72. The van der Waals surface area contributed by atoms with E-state index in [-0.39, 0.29) is 11.8 Å². The third-order valence-corrected chi connectivity index (χ3v) is 6.21. The molecule has 0 spiro atoms. The number of nitrogens with two attached hydrogens (primary N) is 1. The number of aromatic nitrogens is 2. The highest BCUT2D eigenvalue weighted by atomic mass is 16.5. The summed E-state index contributed by atoms with van der Waals surface area (Å²) in [6.07, 6.45) is 6.90. The highest BCUT2D eigenvalue weighted by Crippen LogP contribution is 2.23. The molecule has 32 heavy (non-hydrogen) atoms. The Bertz CT molecular complexity index is 875. The van der Waals surface area contributed by atoms with Crippen molar-refractivity contribution < 1.29 is 9.47 Å². The van der Waals surface area contributed by atoms with Gasteiger partial charge in [0, 0.05) is 32.5 Å². The van der Waals surface area contributed by atoms with Crippen LogP contribution < -0.4 is 15.8 Å². The molecule has 8 nitrogen and oxygen atoms in total. The molecule has 1 aromatic carbocycles. The van der Waals surface area contributed by atoms with Crippen LogP contribution in [0.5, 0.6) is 6.01 Å². The average molecular weight is 439 g/mol. The molecule has 2 fully saturated rings. The van der Waals surface area contributed by atoms with Gasteiger partial charge in [-0.25, -0.2) is 0 Å². The lowest BCUT2D eigenvalue weighted by Gasteiger charge is -2.16. The van der Waals surface area contributed by atoms with Gasteiger partial charge < -0.3 is 25.9 Å². The van der Waals surface area contributed by atoms with Gasteiger partial charge in [0.05, 0.1) is 12.2 Å². The first-order valence-electron chi connectivity index (χ1n) is 11.6. The first-order valence-corrected chi connectivity index (χ1v) is 11.6. The van der Waals surface area contributed by atoms with Gasteiger partial charge in [-0.15, -0.1) is 0 Å². The fraction of sp³-hybridized carbons (Fsp3) is 0.542. The molecule has 0 bridgehead atoms. The van der Waals surface area contributed by atoms with Crippen LogP contribution in [0.2, 0.25) is 0 Å². The Morgan fingerprint density at radius 1 is 1.09 bits per heavy atom. The quantitative estimate of drug-likeness (QED) is 0.514. The molecule has 0 saturated carbocycles. The number of ether oxygens (including phenoxy) is 2. The number of likely N-dealkylation sites (tertiary alicyclic amines) is 1. The van der Waals surface area contributed by atoms with E-state index in [2.05, 4.69) is 44.5 Å². The van der Waals surface area contributed by atoms with Gasteiger partial charge in [0.25, 0.3) is 0 Å². The van der Waals surface area contributed by atoms with Crippen LogP contribution in [-0.4, -0.2) is 54.0 Å². The summed E-state index contributed by atoms with van der Waals surface area (Å²) in [5, 5.41) is 11.0. The van der Waals surface area contributed by atoms with Crippen molar-refractivity contribution in [3.8, 4) is 6.01 Å². The van der Waals surface area contributed by atoms with Gasteiger partial charge >= 0.3 is 6.01 Å². The number of nitrogens with one attached hydrogen (secondary N) is 2. The predicted octanol–water partition coefficient (Wildman–Crippen LogP) is 3.46. The average Bonchev–Trinajstić information content (AvgIpc) is 3.17. The molecule has 2 aliphatic heterocycles. The van der Waals surface area contributed by atoms with Crippen molar-refractivity contribution in [2.75, 3.05) is 44.0 Å². The van der Waals surface area contributed by atoms with E-state index >= 15 is 0 Å². The molecule has 8 heteroatoms. The van der Waals surface area contributed by atoms with Crippen LogP contribution in [0.15, 0.2) is 24.3 Å². The highest BCUT2D eigenvalue weighted by molar-refractivity contribution is 5.90. The van der Waals surface area contributed by atoms with Crippen LogP contribution in [0.1, 0.15) is 48.8 Å². The zero-order valence-electron chi connectivity index (χ0n) is 18.7. The van der Waals surface area contributed by atoms with Gasteiger partial charge in [-0.05, 0) is 62.2 Å². The Morgan fingerprint density at radius 3 is 2.66 bits per heavy atom. The second kappa shape index (κ2) is 11.2. The van der Waals surface area contributed by atoms with Gasteiger partial charge in [-0.2, -0.15) is 9.97 Å². The first kappa shape index (κ1) is 22.5. The zero-order valence-corrected chi connectivity index (χ0v) is 18.7. The summed E-state index contributed by atoms with van der Waals surface area (Å²) in [5.41, 5.74) is 9.04. The van der Waals surface area contributed by atoms with Crippen LogP contribution in [0.25, 0.3) is 0 Å². The Balaban J connectivity index is 1.36. The lowest BCUT2D eigenvalue weighted by Crippen LogP contribution is -2.18. The summed E-state index contributed by atoms with van der Waals surface area (Å²) in [4.78, 5) is 11.2. The van der Waals surface area contributed by atoms with Crippen molar-refractivity contribution in [3.63, 3.8) is 0 Å². The fourth-order valence-corrected chi connectivity index (χ4v) is 4.28. The molecular formula is C24H34N6O2. The highest BCUT2D eigenvalue weighted by Gasteiger charge is 2.16. The number of hydrogen-bond acceptors (Lipinski definition) is 8. The standard InChI is InChI=1S/C24H34N6O2/c25-14-21-22(26)28-24(32-17-20-4-3-12-31-13-9-20)29-23(21)27-15-18-5-7-19(8-6-18)16-30-10-1-2-11-30/h5-8,14,20,25H,1-4,9-13,15-17H2,(H3,26,27,28,29)/t20-/m0/s1. The number of hydrogen-bond donors (Lipinski definition) is 3. The summed E-state index contributed by atoms with van der Waals surface area (Å²) in [5.74, 6) is 1.20. The van der Waals surface area contributed by atoms with Crippen molar-refractivity contribution >= 4 is 17.9 Å². The smallest absolute Gasteiger partial charge is 0.320 e. The summed E-state index contributed by atoms with van der Waals surface area (Å²) < 4.78 is 11.4. The van der Waals surface area contributed by atoms with Crippen LogP contribution >= 0.6 is 0 Å². The molecule has 0 unspecified atom stereocenters. The number of nitrogen functional groups attached to an aromatic ring is 1. The topological polar surface area (TPSA) is 109 Å². The summed E-state index contributed by atoms with van der Waals surface area (Å²) in [7, 11) is 0. The van der Waals surface area contributed by atoms with Crippen LogP contribution in [0.3, 0.4) is 0 Å². The van der Waals surface area contributed by atoms with Crippen molar-refractivity contribution in [2.45, 2.75) is 45.2 Å². The number of benzene rings is 1. The maximum atomic E-state index is 7.72. The van der Waals surface area contributed by atoms with E-state index in [1.165, 1.54) is 37.7 Å². The molecule has 2 aromatic rings. The van der Waals surface area contributed by atoms with Crippen LogP contribution in [0.4, 0.5) is 11.6 Å². The van der Waals surface area contributed by atoms with E-state index in [0.717, 1.165) is 44.6 Å². The second-order valence-corrected chi connectivity index (χ2v) is 8.67. The fourth-order valence-electron chi connectivity index (χ4n) is 4.28. The minimum absolute atomic E-state index is 0.248. The number of nitrogens with zero attached hydrogens (tertiary/aromatic N) is 3. The van der Waals surface area contributed by atoms with E-state index in [0.29, 0.717) is 30.5 Å². The molecule has 2 aliphatic rings. The van der Waals surface area contributed by atoms with E-state index in [1.807, 2.05) is 0 Å². The summed E-state index contributed by atoms with van der Waals surface area (Å²) in [6.45, 7) is 6.13. The largest absolute Gasteiger partial charge is 0.463 e. The number of anilines is 2. The number of rotatable bonds is 9. The Hall–Kier alpha value is -2.71. The minimum atomic E-state index is 0.248. The van der Waals surface area contributed by atoms with E-state index < -0.39 is 0 Å². The van der Waals surface area contributed by atoms with E-state index in [4.69, 9.17) is 20.6 Å². The Labute approximate surface area is 190 Å². The molecule has 1 atom stereocenters. The first-order chi connectivity index (χ1) is 15.7. The molecule has 172 valence electrons. The Kier molecular flexibility index (Phi) is 7.90. The molecule has 0 amide bonds. The summed E-state index contributed by atoms with van der Waals surface area (Å²) in [6, 6.07) is 8.90. The lowest BCUT2D eigenvalue weighted by atomic mass is 10.0. The third kappa shape index (κ3) is 6.17. The van der Waals surface area contributed by atoms with Crippen LogP contribution in [-0.2, 0) is 17.8 Å². The SMILES string of the molecule is N=Cc1c(N)nc(OC[C@H]2CCCOCC2)nc1NCc1ccc(CN2CCCC2)cc1. The Morgan fingerprint density at radius 2 is 1.88 bits per heavy atom. The summed E-state index contributed by atoms with van der Waals surface area (Å²) >= 11 is 0. The zero-order chi connectivity index (χ0) is 22.2. The maximum Gasteiger partial charge on any atom is 0.320 e. The molecule has 3 heterocycles. The van der Waals surface area contributed by atoms with Gasteiger partial charge in [0.1, 0.15) is 11.6 Å². The normalized spacial score (nSPS) is 19.4. The van der Waals surface area contributed by atoms with E-state index in [9.17, 15) is 0 Å². The van der Waals surface area contributed by atoms with Crippen molar-refractivity contribution in [3.05, 3.63) is 41.0 Å². The molecule has 0 radical (unpaired) electrons. The molecule has 1 aromatic heterocycles. The molecule has 4 rings (SSSR count). The monoisotopic (exact) mass is 438 g/mol. The van der Waals surface area contributed by atoms with Gasteiger partial charge in [0.15, 0.2) is 0 Å². The van der Waals surface area contributed by atoms with E-state index in [1.54, 1.807) is 0 Å². The van der Waals surface area contributed by atoms with Gasteiger partial charge in [0.2, 0.25) is 0 Å². The second-order valence-electron chi connectivity index (χ2n) is 8.67. The molecule has 0 aliphatic carbocycles.